The van der Waals surface area contributed by atoms with Crippen molar-refractivity contribution in [2.75, 3.05) is 32.7 Å². The van der Waals surface area contributed by atoms with E-state index in [4.69, 9.17) is 11.6 Å². The van der Waals surface area contributed by atoms with Gasteiger partial charge < -0.3 is 15.5 Å². The summed E-state index contributed by atoms with van der Waals surface area (Å²) in [5.74, 6) is 0.0264. The molecule has 1 saturated heterocycles. The molecule has 1 aliphatic rings. The summed E-state index contributed by atoms with van der Waals surface area (Å²) in [5, 5.41) is 6.63. The van der Waals surface area contributed by atoms with Crippen LogP contribution in [0, 0.1) is 0 Å². The molecule has 1 heterocycles. The summed E-state index contributed by atoms with van der Waals surface area (Å²) in [6.45, 7) is 3.77. The highest BCUT2D eigenvalue weighted by molar-refractivity contribution is 6.30. The van der Waals surface area contributed by atoms with Crippen molar-refractivity contribution in [2.24, 2.45) is 0 Å². The molecule has 1 aromatic rings. The molecule has 5 nitrogen and oxygen atoms in total. The van der Waals surface area contributed by atoms with E-state index >= 15 is 0 Å². The predicted molar refractivity (Wildman–Crippen MR) is 89.7 cm³/mol. The zero-order valence-corrected chi connectivity index (χ0v) is 13.9. The van der Waals surface area contributed by atoms with Crippen LogP contribution < -0.4 is 10.6 Å². The summed E-state index contributed by atoms with van der Waals surface area (Å²) < 4.78 is 0. The Morgan fingerprint density at radius 2 is 1.82 bits per heavy atom. The lowest BCUT2D eigenvalue weighted by atomic mass is 10.2. The number of benzene rings is 1. The second-order valence-corrected chi connectivity index (χ2v) is 5.43. The van der Waals surface area contributed by atoms with Gasteiger partial charge in [-0.25, -0.2) is 0 Å². The van der Waals surface area contributed by atoms with Gasteiger partial charge in [-0.3, -0.25) is 9.59 Å². The third-order valence-corrected chi connectivity index (χ3v) is 3.68. The molecule has 0 aliphatic carbocycles. The summed E-state index contributed by atoms with van der Waals surface area (Å²) in [5.41, 5.74) is 0.577. The van der Waals surface area contributed by atoms with Crippen LogP contribution in [0.4, 0.5) is 0 Å². The predicted octanol–water partition coefficient (Wildman–Crippen LogP) is 1.70. The summed E-state index contributed by atoms with van der Waals surface area (Å²) >= 11 is 5.77. The smallest absolute Gasteiger partial charge is 0.251 e. The molecule has 0 radical (unpaired) electrons. The Kier molecular flexibility index (Phi) is 8.24. The molecular formula is C15H21Cl2N3O2. The summed E-state index contributed by atoms with van der Waals surface area (Å²) in [4.78, 5) is 25.6. The highest BCUT2D eigenvalue weighted by Crippen LogP contribution is 2.09. The third-order valence-electron chi connectivity index (χ3n) is 3.43. The SMILES string of the molecule is Cl.O=C(NCCCC(=O)N1CCNCC1)c1ccc(Cl)cc1. The van der Waals surface area contributed by atoms with E-state index in [1.165, 1.54) is 0 Å². The van der Waals surface area contributed by atoms with Crippen LogP contribution in [-0.4, -0.2) is 49.4 Å². The second kappa shape index (κ2) is 9.66. The first kappa shape index (κ1) is 18.7. The molecule has 22 heavy (non-hydrogen) atoms. The van der Waals surface area contributed by atoms with E-state index in [2.05, 4.69) is 10.6 Å². The lowest BCUT2D eigenvalue weighted by Gasteiger charge is -2.27. The molecular weight excluding hydrogens is 325 g/mol. The van der Waals surface area contributed by atoms with E-state index in [-0.39, 0.29) is 24.2 Å². The molecule has 122 valence electrons. The van der Waals surface area contributed by atoms with E-state index in [1.807, 2.05) is 4.90 Å². The molecule has 1 aromatic carbocycles. The van der Waals surface area contributed by atoms with E-state index < -0.39 is 0 Å². The maximum absolute atomic E-state index is 11.9. The van der Waals surface area contributed by atoms with Crippen molar-refractivity contribution in [2.45, 2.75) is 12.8 Å². The Balaban J connectivity index is 0.00000242. The Morgan fingerprint density at radius 1 is 1.18 bits per heavy atom. The maximum Gasteiger partial charge on any atom is 0.251 e. The van der Waals surface area contributed by atoms with E-state index in [1.54, 1.807) is 24.3 Å². The topological polar surface area (TPSA) is 61.4 Å². The molecule has 7 heteroatoms. The second-order valence-electron chi connectivity index (χ2n) is 5.00. The number of halogens is 2. The van der Waals surface area contributed by atoms with Crippen LogP contribution in [0.15, 0.2) is 24.3 Å². The largest absolute Gasteiger partial charge is 0.352 e. The van der Waals surface area contributed by atoms with Gasteiger partial charge >= 0.3 is 0 Å². The average Bonchev–Trinajstić information content (AvgIpc) is 2.52. The van der Waals surface area contributed by atoms with Gasteiger partial charge in [-0.2, -0.15) is 0 Å². The number of rotatable bonds is 5. The first-order valence-electron chi connectivity index (χ1n) is 7.19. The fourth-order valence-corrected chi connectivity index (χ4v) is 2.34. The van der Waals surface area contributed by atoms with Gasteiger partial charge in [-0.05, 0) is 30.7 Å². The molecule has 2 N–H and O–H groups in total. The lowest BCUT2D eigenvalue weighted by molar-refractivity contribution is -0.131. The molecule has 0 bridgehead atoms. The van der Waals surface area contributed by atoms with Crippen LogP contribution >= 0.6 is 24.0 Å². The monoisotopic (exact) mass is 345 g/mol. The van der Waals surface area contributed by atoms with Gasteiger partial charge in [-0.1, -0.05) is 11.6 Å². The Morgan fingerprint density at radius 3 is 2.45 bits per heavy atom. The first-order chi connectivity index (χ1) is 10.2. The highest BCUT2D eigenvalue weighted by Gasteiger charge is 2.15. The number of amides is 2. The zero-order valence-electron chi connectivity index (χ0n) is 12.3. The number of hydrogen-bond donors (Lipinski definition) is 2. The van der Waals surface area contributed by atoms with Crippen molar-refractivity contribution >= 4 is 35.8 Å². The van der Waals surface area contributed by atoms with Crippen molar-refractivity contribution in [3.63, 3.8) is 0 Å². The van der Waals surface area contributed by atoms with E-state index in [0.29, 0.717) is 30.0 Å². The molecule has 0 aromatic heterocycles. The van der Waals surface area contributed by atoms with Crippen LogP contribution in [0.1, 0.15) is 23.2 Å². The summed E-state index contributed by atoms with van der Waals surface area (Å²) in [6, 6.07) is 6.74. The van der Waals surface area contributed by atoms with Crippen molar-refractivity contribution in [3.8, 4) is 0 Å². The fraction of sp³-hybridized carbons (Fsp3) is 0.467. The Labute approximate surface area is 141 Å². The van der Waals surface area contributed by atoms with Gasteiger partial charge in [0.25, 0.3) is 5.91 Å². The van der Waals surface area contributed by atoms with Crippen LogP contribution in [0.5, 0.6) is 0 Å². The molecule has 1 fully saturated rings. The van der Waals surface area contributed by atoms with Gasteiger partial charge in [0.2, 0.25) is 5.91 Å². The van der Waals surface area contributed by atoms with Crippen LogP contribution in [0.2, 0.25) is 5.02 Å². The van der Waals surface area contributed by atoms with Crippen LogP contribution in [0.3, 0.4) is 0 Å². The number of nitrogens with zero attached hydrogens (tertiary/aromatic N) is 1. The number of carbonyl (C=O) groups is 2. The van der Waals surface area contributed by atoms with Crippen molar-refractivity contribution < 1.29 is 9.59 Å². The zero-order chi connectivity index (χ0) is 15.1. The minimum Gasteiger partial charge on any atom is -0.352 e. The quantitative estimate of drug-likeness (QED) is 0.798. The van der Waals surface area contributed by atoms with E-state index in [9.17, 15) is 9.59 Å². The minimum absolute atomic E-state index is 0. The Hall–Kier alpha value is -1.30. The number of piperazine rings is 1. The molecule has 1 aliphatic heterocycles. The highest BCUT2D eigenvalue weighted by atomic mass is 35.5. The molecule has 0 atom stereocenters. The molecule has 0 unspecified atom stereocenters. The number of nitrogens with one attached hydrogen (secondary N) is 2. The normalized spacial score (nSPS) is 14.1. The van der Waals surface area contributed by atoms with Gasteiger partial charge in [0.15, 0.2) is 0 Å². The lowest BCUT2D eigenvalue weighted by Crippen LogP contribution is -2.46. The maximum atomic E-state index is 11.9. The van der Waals surface area contributed by atoms with Crippen LogP contribution in [-0.2, 0) is 4.79 Å². The van der Waals surface area contributed by atoms with Crippen molar-refractivity contribution in [1.82, 2.24) is 15.5 Å². The summed E-state index contributed by atoms with van der Waals surface area (Å²) in [7, 11) is 0. The van der Waals surface area contributed by atoms with Gasteiger partial charge in [0, 0.05) is 49.7 Å². The molecule has 2 amide bonds. The van der Waals surface area contributed by atoms with Gasteiger partial charge in [0.05, 0.1) is 0 Å². The van der Waals surface area contributed by atoms with Crippen molar-refractivity contribution in [1.29, 1.82) is 0 Å². The molecule has 0 saturated carbocycles. The third kappa shape index (κ3) is 5.83. The van der Waals surface area contributed by atoms with Gasteiger partial charge in [0.1, 0.15) is 0 Å². The average molecular weight is 346 g/mol. The molecule has 2 rings (SSSR count). The van der Waals surface area contributed by atoms with Crippen molar-refractivity contribution in [3.05, 3.63) is 34.9 Å². The first-order valence-corrected chi connectivity index (χ1v) is 7.57. The van der Waals surface area contributed by atoms with E-state index in [0.717, 1.165) is 26.2 Å². The van der Waals surface area contributed by atoms with Crippen LogP contribution in [0.25, 0.3) is 0 Å². The minimum atomic E-state index is -0.138. The van der Waals surface area contributed by atoms with Gasteiger partial charge in [-0.15, -0.1) is 12.4 Å². The Bertz CT molecular complexity index is 488. The number of carbonyl (C=O) groups excluding carboxylic acids is 2. The fourth-order valence-electron chi connectivity index (χ4n) is 2.22. The standard InChI is InChI=1S/C15H20ClN3O2.ClH/c16-13-5-3-12(4-6-13)15(21)18-7-1-2-14(20)19-10-8-17-9-11-19;/h3-6,17H,1-2,7-11H2,(H,18,21);1H. The number of hydrogen-bond acceptors (Lipinski definition) is 3. The molecule has 0 spiro atoms. The summed E-state index contributed by atoms with van der Waals surface area (Å²) in [6.07, 6.45) is 1.13.